The van der Waals surface area contributed by atoms with Gasteiger partial charge in [-0.25, -0.2) is 0 Å². The summed E-state index contributed by atoms with van der Waals surface area (Å²) < 4.78 is 5.59. The molecule has 2 rings (SSSR count). The lowest BCUT2D eigenvalue weighted by atomic mass is 10.1. The second-order valence-corrected chi connectivity index (χ2v) is 4.51. The Balaban J connectivity index is 1.94. The molecule has 1 unspecified atom stereocenters. The maximum atomic E-state index is 11.1. The predicted molar refractivity (Wildman–Crippen MR) is 70.7 cm³/mol. The lowest BCUT2D eigenvalue weighted by Crippen LogP contribution is -2.20. The number of nitrogens with one attached hydrogen (secondary N) is 2. The maximum Gasteiger partial charge on any atom is 0.223 e. The van der Waals surface area contributed by atoms with Gasteiger partial charge in [0.25, 0.3) is 0 Å². The highest BCUT2D eigenvalue weighted by molar-refractivity contribution is 5.75. The normalized spacial score (nSPS) is 17.3. The van der Waals surface area contributed by atoms with Crippen molar-refractivity contribution in [3.05, 3.63) is 29.3 Å². The summed E-state index contributed by atoms with van der Waals surface area (Å²) in [4.78, 5) is 11.1. The van der Waals surface area contributed by atoms with E-state index in [4.69, 9.17) is 4.74 Å². The van der Waals surface area contributed by atoms with Crippen LogP contribution in [0.3, 0.4) is 0 Å². The van der Waals surface area contributed by atoms with Crippen LogP contribution in [0.2, 0.25) is 0 Å². The molecule has 0 saturated carbocycles. The van der Waals surface area contributed by atoms with E-state index in [-0.39, 0.29) is 5.91 Å². The minimum absolute atomic E-state index is 0.00593. The molecule has 0 heterocycles. The van der Waals surface area contributed by atoms with Crippen LogP contribution in [0.4, 0.5) is 0 Å². The molecule has 0 aromatic heterocycles. The number of carbonyl (C=O) groups excluding carboxylic acids is 1. The summed E-state index contributed by atoms with van der Waals surface area (Å²) in [5.74, 6) is 0.862. The first-order chi connectivity index (χ1) is 8.74. The molecule has 2 N–H and O–H groups in total. The summed E-state index contributed by atoms with van der Waals surface area (Å²) in [6.45, 7) is 0.425. The molecule has 0 radical (unpaired) electrons. The zero-order valence-electron chi connectivity index (χ0n) is 11.0. The standard InChI is InChI=1S/C14H20N2O2/c1-15-13-6-3-10-9-11(4-5-12(10)13)18-8-7-14(17)16-2/h4-5,9,13,15H,3,6-8H2,1-2H3,(H,16,17). The lowest BCUT2D eigenvalue weighted by Gasteiger charge is -2.11. The largest absolute Gasteiger partial charge is 0.493 e. The molecule has 1 aromatic carbocycles. The average molecular weight is 248 g/mol. The number of carbonyl (C=O) groups is 1. The summed E-state index contributed by atoms with van der Waals surface area (Å²) in [5.41, 5.74) is 2.72. The van der Waals surface area contributed by atoms with Crippen LogP contribution in [0.15, 0.2) is 18.2 Å². The van der Waals surface area contributed by atoms with E-state index in [0.29, 0.717) is 19.1 Å². The molecule has 0 fully saturated rings. The smallest absolute Gasteiger partial charge is 0.223 e. The van der Waals surface area contributed by atoms with E-state index in [0.717, 1.165) is 18.6 Å². The third-order valence-corrected chi connectivity index (χ3v) is 3.42. The predicted octanol–water partition coefficient (Wildman–Crippen LogP) is 1.41. The summed E-state index contributed by atoms with van der Waals surface area (Å²) >= 11 is 0. The Labute approximate surface area is 108 Å². The SMILES string of the molecule is CNC(=O)CCOc1ccc2c(c1)CCC2NC. The van der Waals surface area contributed by atoms with Crippen molar-refractivity contribution in [2.45, 2.75) is 25.3 Å². The van der Waals surface area contributed by atoms with Crippen LogP contribution in [-0.2, 0) is 11.2 Å². The number of fused-ring (bicyclic) bond motifs is 1. The Kier molecular flexibility index (Phi) is 4.20. The molecule has 98 valence electrons. The van der Waals surface area contributed by atoms with E-state index in [1.807, 2.05) is 13.1 Å². The van der Waals surface area contributed by atoms with E-state index < -0.39 is 0 Å². The summed E-state index contributed by atoms with van der Waals surface area (Å²) in [6, 6.07) is 6.67. The van der Waals surface area contributed by atoms with E-state index in [9.17, 15) is 4.79 Å². The van der Waals surface area contributed by atoms with Crippen molar-refractivity contribution < 1.29 is 9.53 Å². The fourth-order valence-corrected chi connectivity index (χ4v) is 2.37. The summed E-state index contributed by atoms with van der Waals surface area (Å²) in [5, 5.41) is 5.89. The lowest BCUT2D eigenvalue weighted by molar-refractivity contribution is -0.121. The van der Waals surface area contributed by atoms with E-state index >= 15 is 0 Å². The highest BCUT2D eigenvalue weighted by Crippen LogP contribution is 2.33. The minimum Gasteiger partial charge on any atom is -0.493 e. The summed E-state index contributed by atoms with van der Waals surface area (Å²) in [7, 11) is 3.63. The monoisotopic (exact) mass is 248 g/mol. The van der Waals surface area contributed by atoms with Crippen LogP contribution in [-0.4, -0.2) is 26.6 Å². The van der Waals surface area contributed by atoms with Crippen LogP contribution in [0.25, 0.3) is 0 Å². The second kappa shape index (κ2) is 5.87. The molecule has 0 bridgehead atoms. The fourth-order valence-electron chi connectivity index (χ4n) is 2.37. The van der Waals surface area contributed by atoms with Gasteiger partial charge in [-0.3, -0.25) is 4.79 Å². The highest BCUT2D eigenvalue weighted by Gasteiger charge is 2.20. The Bertz CT molecular complexity index is 432. The Morgan fingerprint density at radius 2 is 2.28 bits per heavy atom. The molecule has 1 aliphatic carbocycles. The van der Waals surface area contributed by atoms with Gasteiger partial charge in [0.1, 0.15) is 5.75 Å². The molecule has 0 aliphatic heterocycles. The first kappa shape index (κ1) is 12.9. The van der Waals surface area contributed by atoms with Gasteiger partial charge in [-0.05, 0) is 43.1 Å². The van der Waals surface area contributed by atoms with Crippen LogP contribution in [0, 0.1) is 0 Å². The van der Waals surface area contributed by atoms with Gasteiger partial charge < -0.3 is 15.4 Å². The van der Waals surface area contributed by atoms with Gasteiger partial charge in [0, 0.05) is 13.1 Å². The molecule has 18 heavy (non-hydrogen) atoms. The quantitative estimate of drug-likeness (QED) is 0.828. The molecule has 1 aromatic rings. The number of aryl methyl sites for hydroxylation is 1. The zero-order valence-corrected chi connectivity index (χ0v) is 11.0. The van der Waals surface area contributed by atoms with Crippen LogP contribution >= 0.6 is 0 Å². The van der Waals surface area contributed by atoms with Crippen molar-refractivity contribution >= 4 is 5.91 Å². The van der Waals surface area contributed by atoms with Gasteiger partial charge >= 0.3 is 0 Å². The molecule has 4 nitrogen and oxygen atoms in total. The first-order valence-electron chi connectivity index (χ1n) is 6.38. The van der Waals surface area contributed by atoms with Crippen LogP contribution in [0.1, 0.15) is 30.0 Å². The number of benzene rings is 1. The topological polar surface area (TPSA) is 50.4 Å². The van der Waals surface area contributed by atoms with Crippen molar-refractivity contribution in [3.8, 4) is 5.75 Å². The Morgan fingerprint density at radius 3 is 3.00 bits per heavy atom. The maximum absolute atomic E-state index is 11.1. The molecule has 0 saturated heterocycles. The molecule has 4 heteroatoms. The molecule has 0 spiro atoms. The van der Waals surface area contributed by atoms with E-state index in [1.54, 1.807) is 7.05 Å². The van der Waals surface area contributed by atoms with Gasteiger partial charge in [-0.2, -0.15) is 0 Å². The number of rotatable bonds is 5. The van der Waals surface area contributed by atoms with Crippen molar-refractivity contribution in [2.75, 3.05) is 20.7 Å². The molecular formula is C14H20N2O2. The third-order valence-electron chi connectivity index (χ3n) is 3.42. The van der Waals surface area contributed by atoms with Crippen LogP contribution in [0.5, 0.6) is 5.75 Å². The van der Waals surface area contributed by atoms with E-state index in [2.05, 4.69) is 22.8 Å². The Hall–Kier alpha value is -1.55. The highest BCUT2D eigenvalue weighted by atomic mass is 16.5. The third kappa shape index (κ3) is 2.82. The van der Waals surface area contributed by atoms with E-state index in [1.165, 1.54) is 11.1 Å². The molecule has 1 amide bonds. The Morgan fingerprint density at radius 1 is 1.44 bits per heavy atom. The first-order valence-corrected chi connectivity index (χ1v) is 6.38. The molecule has 1 atom stereocenters. The van der Waals surface area contributed by atoms with Crippen molar-refractivity contribution in [1.29, 1.82) is 0 Å². The number of hydrogen-bond acceptors (Lipinski definition) is 3. The van der Waals surface area contributed by atoms with Gasteiger partial charge in [0.2, 0.25) is 5.91 Å². The summed E-state index contributed by atoms with van der Waals surface area (Å²) in [6.07, 6.45) is 2.63. The zero-order chi connectivity index (χ0) is 13.0. The van der Waals surface area contributed by atoms with Crippen molar-refractivity contribution in [3.63, 3.8) is 0 Å². The second-order valence-electron chi connectivity index (χ2n) is 4.51. The number of ether oxygens (including phenoxy) is 1. The van der Waals surface area contributed by atoms with Gasteiger partial charge in [-0.15, -0.1) is 0 Å². The number of amides is 1. The van der Waals surface area contributed by atoms with Crippen LogP contribution < -0.4 is 15.4 Å². The fraction of sp³-hybridized carbons (Fsp3) is 0.500. The van der Waals surface area contributed by atoms with Gasteiger partial charge in [-0.1, -0.05) is 6.07 Å². The van der Waals surface area contributed by atoms with Gasteiger partial charge in [0.15, 0.2) is 0 Å². The van der Waals surface area contributed by atoms with Crippen molar-refractivity contribution in [1.82, 2.24) is 10.6 Å². The van der Waals surface area contributed by atoms with Gasteiger partial charge in [0.05, 0.1) is 13.0 Å². The number of hydrogen-bond donors (Lipinski definition) is 2. The average Bonchev–Trinajstić information content (AvgIpc) is 2.80. The molecular weight excluding hydrogens is 228 g/mol. The molecule has 1 aliphatic rings. The minimum atomic E-state index is 0.00593. The van der Waals surface area contributed by atoms with Crippen molar-refractivity contribution in [2.24, 2.45) is 0 Å².